The number of alkyl halides is 1. The van der Waals surface area contributed by atoms with E-state index in [0.717, 1.165) is 12.1 Å². The van der Waals surface area contributed by atoms with Crippen molar-refractivity contribution in [2.24, 2.45) is 5.41 Å². The van der Waals surface area contributed by atoms with Gasteiger partial charge >= 0.3 is 0 Å². The van der Waals surface area contributed by atoms with Gasteiger partial charge in [0.25, 0.3) is 5.91 Å². The van der Waals surface area contributed by atoms with Crippen molar-refractivity contribution in [1.82, 2.24) is 20.0 Å². The Bertz CT molecular complexity index is 672. The van der Waals surface area contributed by atoms with Crippen LogP contribution in [0.3, 0.4) is 0 Å². The summed E-state index contributed by atoms with van der Waals surface area (Å²) in [6.45, 7) is 11.8. The number of nitrogens with one attached hydrogen (secondary N) is 1. The van der Waals surface area contributed by atoms with Crippen molar-refractivity contribution in [2.75, 3.05) is 19.6 Å². The molecule has 1 aromatic rings. The number of carbonyl (C=O) groups excluding carboxylic acids is 2. The van der Waals surface area contributed by atoms with E-state index in [9.17, 15) is 14.0 Å². The Hall–Kier alpha value is -1.92. The molecule has 6 nitrogen and oxygen atoms in total. The molecule has 2 rings (SSSR count). The van der Waals surface area contributed by atoms with Crippen molar-refractivity contribution in [3.63, 3.8) is 0 Å². The first-order valence-corrected chi connectivity index (χ1v) is 9.25. The summed E-state index contributed by atoms with van der Waals surface area (Å²) in [6.07, 6.45) is 1.26. The lowest BCUT2D eigenvalue weighted by molar-refractivity contribution is -0.124. The van der Waals surface area contributed by atoms with Crippen LogP contribution in [0.2, 0.25) is 0 Å². The summed E-state index contributed by atoms with van der Waals surface area (Å²) < 4.78 is 16.5. The lowest BCUT2D eigenvalue weighted by Crippen LogP contribution is -2.65. The number of rotatable bonds is 6. The minimum absolute atomic E-state index is 0.0170. The molecule has 0 spiro atoms. The fourth-order valence-corrected chi connectivity index (χ4v) is 3.07. The summed E-state index contributed by atoms with van der Waals surface area (Å²) >= 11 is 0. The van der Waals surface area contributed by atoms with Gasteiger partial charge in [-0.1, -0.05) is 27.7 Å². The number of likely N-dealkylation sites (tertiary alicyclic amines) is 1. The number of halogens is 1. The third-order valence-corrected chi connectivity index (χ3v) is 4.68. The van der Waals surface area contributed by atoms with E-state index in [1.807, 2.05) is 39.3 Å². The van der Waals surface area contributed by atoms with Gasteiger partial charge in [-0.15, -0.1) is 0 Å². The van der Waals surface area contributed by atoms with Crippen LogP contribution < -0.4 is 5.32 Å². The van der Waals surface area contributed by atoms with Crippen LogP contribution in [0.1, 0.15) is 69.7 Å². The van der Waals surface area contributed by atoms with Gasteiger partial charge in [-0.25, -0.2) is 4.39 Å². The highest BCUT2D eigenvalue weighted by molar-refractivity contribution is 5.93. The smallest absolute Gasteiger partial charge is 0.274 e. The second kappa shape index (κ2) is 7.37. The zero-order valence-electron chi connectivity index (χ0n) is 16.7. The Labute approximate surface area is 155 Å². The van der Waals surface area contributed by atoms with E-state index >= 15 is 0 Å². The van der Waals surface area contributed by atoms with E-state index in [2.05, 4.69) is 17.3 Å². The molecule has 26 heavy (non-hydrogen) atoms. The predicted octanol–water partition coefficient (Wildman–Crippen LogP) is 2.88. The van der Waals surface area contributed by atoms with E-state index in [1.54, 1.807) is 6.07 Å². The zero-order valence-corrected chi connectivity index (χ0v) is 16.7. The fourth-order valence-electron chi connectivity index (χ4n) is 3.07. The molecule has 7 heteroatoms. The van der Waals surface area contributed by atoms with Crippen molar-refractivity contribution in [2.45, 2.75) is 66.1 Å². The summed E-state index contributed by atoms with van der Waals surface area (Å²) in [5.41, 5.74) is -0.426. The Kier molecular flexibility index (Phi) is 5.78. The molecule has 1 fully saturated rings. The standard InChI is InChI=1S/C19H31FN4O2/c1-7-13(2)24-14(3)8-15(22-24)17(26)23-11-19(20,12-23)10-21-16(25)9-18(4,5)6/h8,13H,7,9-12H2,1-6H3,(H,21,25). The summed E-state index contributed by atoms with van der Waals surface area (Å²) in [6, 6.07) is 1.96. The molecule has 1 aromatic heterocycles. The molecule has 2 heterocycles. The van der Waals surface area contributed by atoms with Crippen LogP contribution in [0.4, 0.5) is 4.39 Å². The van der Waals surface area contributed by atoms with Gasteiger partial charge in [0.1, 0.15) is 0 Å². The molecule has 1 aliphatic heterocycles. The SMILES string of the molecule is CCC(C)n1nc(C(=O)N2CC(F)(CNC(=O)CC(C)(C)C)C2)cc1C. The van der Waals surface area contributed by atoms with Crippen LogP contribution >= 0.6 is 0 Å². The number of carbonyl (C=O) groups is 2. The van der Waals surface area contributed by atoms with Crippen LogP contribution in [-0.2, 0) is 4.79 Å². The summed E-state index contributed by atoms with van der Waals surface area (Å²) in [4.78, 5) is 25.8. The van der Waals surface area contributed by atoms with Crippen LogP contribution in [0.5, 0.6) is 0 Å². The second-order valence-corrected chi connectivity index (χ2v) is 8.70. The van der Waals surface area contributed by atoms with Crippen molar-refractivity contribution in [1.29, 1.82) is 0 Å². The van der Waals surface area contributed by atoms with E-state index in [1.165, 1.54) is 4.90 Å². The molecule has 2 amide bonds. The van der Waals surface area contributed by atoms with Crippen LogP contribution in [0.25, 0.3) is 0 Å². The minimum Gasteiger partial charge on any atom is -0.353 e. The molecule has 0 aliphatic carbocycles. The minimum atomic E-state index is -1.56. The number of amides is 2. The fraction of sp³-hybridized carbons (Fsp3) is 0.737. The van der Waals surface area contributed by atoms with Gasteiger partial charge in [-0.05, 0) is 31.7 Å². The molecular formula is C19H31FN4O2. The van der Waals surface area contributed by atoms with Gasteiger partial charge in [-0.3, -0.25) is 14.3 Å². The average Bonchev–Trinajstić information content (AvgIpc) is 2.89. The van der Waals surface area contributed by atoms with Crippen LogP contribution in [-0.4, -0.2) is 51.8 Å². The molecule has 146 valence electrons. The first-order valence-electron chi connectivity index (χ1n) is 9.25. The lowest BCUT2D eigenvalue weighted by atomic mass is 9.91. The molecule has 1 atom stereocenters. The van der Waals surface area contributed by atoms with Gasteiger partial charge in [0.05, 0.1) is 19.6 Å². The van der Waals surface area contributed by atoms with Crippen LogP contribution in [0, 0.1) is 12.3 Å². The number of nitrogens with zero attached hydrogens (tertiary/aromatic N) is 3. The number of hydrogen-bond donors (Lipinski definition) is 1. The van der Waals surface area contributed by atoms with E-state index in [4.69, 9.17) is 0 Å². The third-order valence-electron chi connectivity index (χ3n) is 4.68. The normalized spacial score (nSPS) is 17.6. The van der Waals surface area contributed by atoms with Crippen LogP contribution in [0.15, 0.2) is 6.07 Å². The molecular weight excluding hydrogens is 335 g/mol. The monoisotopic (exact) mass is 366 g/mol. The molecule has 1 N–H and O–H groups in total. The second-order valence-electron chi connectivity index (χ2n) is 8.70. The number of aryl methyl sites for hydroxylation is 1. The quantitative estimate of drug-likeness (QED) is 0.842. The van der Waals surface area contributed by atoms with Gasteiger partial charge in [0, 0.05) is 18.2 Å². The zero-order chi connectivity index (χ0) is 19.7. The Balaban J connectivity index is 1.88. The molecule has 0 bridgehead atoms. The van der Waals surface area contributed by atoms with Crippen molar-refractivity contribution in [3.8, 4) is 0 Å². The Morgan fingerprint density at radius 2 is 2.00 bits per heavy atom. The Morgan fingerprint density at radius 1 is 1.38 bits per heavy atom. The maximum Gasteiger partial charge on any atom is 0.274 e. The van der Waals surface area contributed by atoms with Crippen molar-refractivity contribution in [3.05, 3.63) is 17.5 Å². The summed E-state index contributed by atoms with van der Waals surface area (Å²) in [5, 5.41) is 7.02. The van der Waals surface area contributed by atoms with Gasteiger partial charge in [0.15, 0.2) is 11.4 Å². The van der Waals surface area contributed by atoms with Gasteiger partial charge in [-0.2, -0.15) is 5.10 Å². The number of hydrogen-bond acceptors (Lipinski definition) is 3. The number of aromatic nitrogens is 2. The highest BCUT2D eigenvalue weighted by atomic mass is 19.1. The molecule has 0 radical (unpaired) electrons. The molecule has 1 unspecified atom stereocenters. The molecule has 0 saturated carbocycles. The van der Waals surface area contributed by atoms with E-state index in [0.29, 0.717) is 12.1 Å². The molecule has 0 aromatic carbocycles. The highest BCUT2D eigenvalue weighted by Crippen LogP contribution is 2.27. The maximum atomic E-state index is 14.7. The van der Waals surface area contributed by atoms with Gasteiger partial charge < -0.3 is 10.2 Å². The first kappa shape index (κ1) is 20.4. The summed E-state index contributed by atoms with van der Waals surface area (Å²) in [5.74, 6) is -0.424. The van der Waals surface area contributed by atoms with Gasteiger partial charge in [0.2, 0.25) is 5.91 Å². The van der Waals surface area contributed by atoms with E-state index < -0.39 is 5.67 Å². The maximum absolute atomic E-state index is 14.7. The summed E-state index contributed by atoms with van der Waals surface area (Å²) in [7, 11) is 0. The van der Waals surface area contributed by atoms with E-state index in [-0.39, 0.29) is 42.9 Å². The predicted molar refractivity (Wildman–Crippen MR) is 98.8 cm³/mol. The topological polar surface area (TPSA) is 67.2 Å². The average molecular weight is 366 g/mol. The molecule has 1 aliphatic rings. The largest absolute Gasteiger partial charge is 0.353 e. The Morgan fingerprint density at radius 3 is 2.54 bits per heavy atom. The first-order chi connectivity index (χ1) is 11.9. The van der Waals surface area contributed by atoms with Crippen molar-refractivity contribution < 1.29 is 14.0 Å². The van der Waals surface area contributed by atoms with Crippen molar-refractivity contribution >= 4 is 11.8 Å². The lowest BCUT2D eigenvalue weighted by Gasteiger charge is -2.44. The third kappa shape index (κ3) is 4.83. The highest BCUT2D eigenvalue weighted by Gasteiger charge is 2.46. The molecule has 1 saturated heterocycles.